The maximum absolute atomic E-state index is 5.37. The SMILES string of the molecule is Cc1cnc(Nc2cc(N3CCOCC3)ccn2)s1. The lowest BCUT2D eigenvalue weighted by Crippen LogP contribution is -2.36. The fourth-order valence-electron chi connectivity index (χ4n) is 2.03. The lowest BCUT2D eigenvalue weighted by atomic mass is 10.3. The average molecular weight is 276 g/mol. The molecule has 0 spiro atoms. The number of aromatic nitrogens is 2. The standard InChI is InChI=1S/C13H16N4OS/c1-10-9-15-13(19-10)16-12-8-11(2-3-14-12)17-4-6-18-7-5-17/h2-3,8-9H,4-7H2,1H3,(H,14,15,16). The van der Waals surface area contributed by atoms with Gasteiger partial charge in [0.2, 0.25) is 0 Å². The molecule has 1 N–H and O–H groups in total. The lowest BCUT2D eigenvalue weighted by molar-refractivity contribution is 0.122. The monoisotopic (exact) mass is 276 g/mol. The van der Waals surface area contributed by atoms with Crippen molar-refractivity contribution in [2.24, 2.45) is 0 Å². The molecule has 3 rings (SSSR count). The molecule has 0 saturated carbocycles. The summed E-state index contributed by atoms with van der Waals surface area (Å²) in [7, 11) is 0. The first kappa shape index (κ1) is 12.4. The molecule has 2 aromatic rings. The van der Waals surface area contributed by atoms with Crippen molar-refractivity contribution in [2.75, 3.05) is 36.5 Å². The number of hydrogen-bond acceptors (Lipinski definition) is 6. The van der Waals surface area contributed by atoms with Crippen LogP contribution in [-0.2, 0) is 4.74 Å². The van der Waals surface area contributed by atoms with Crippen LogP contribution in [0.5, 0.6) is 0 Å². The van der Waals surface area contributed by atoms with Crippen molar-refractivity contribution in [1.82, 2.24) is 9.97 Å². The minimum Gasteiger partial charge on any atom is -0.378 e. The zero-order valence-electron chi connectivity index (χ0n) is 10.8. The number of aryl methyl sites for hydroxylation is 1. The summed E-state index contributed by atoms with van der Waals surface area (Å²) in [4.78, 5) is 12.1. The predicted octanol–water partition coefficient (Wildman–Crippen LogP) is 2.43. The molecule has 0 aliphatic carbocycles. The van der Waals surface area contributed by atoms with Crippen molar-refractivity contribution in [3.8, 4) is 0 Å². The molecule has 1 saturated heterocycles. The van der Waals surface area contributed by atoms with E-state index in [-0.39, 0.29) is 0 Å². The van der Waals surface area contributed by atoms with Crippen molar-refractivity contribution >= 4 is 28.0 Å². The van der Waals surface area contributed by atoms with E-state index in [0.29, 0.717) is 0 Å². The highest BCUT2D eigenvalue weighted by Crippen LogP contribution is 2.23. The van der Waals surface area contributed by atoms with Crippen molar-refractivity contribution < 1.29 is 4.74 Å². The Kier molecular flexibility index (Phi) is 3.61. The maximum atomic E-state index is 5.37. The summed E-state index contributed by atoms with van der Waals surface area (Å²) in [5.74, 6) is 0.832. The number of hydrogen-bond donors (Lipinski definition) is 1. The second-order valence-corrected chi connectivity index (χ2v) is 5.63. The van der Waals surface area contributed by atoms with E-state index >= 15 is 0 Å². The number of morpholine rings is 1. The van der Waals surface area contributed by atoms with Gasteiger partial charge in [0.15, 0.2) is 5.13 Å². The van der Waals surface area contributed by atoms with Crippen LogP contribution in [0.25, 0.3) is 0 Å². The topological polar surface area (TPSA) is 50.3 Å². The minimum atomic E-state index is 0.788. The molecule has 5 nitrogen and oxygen atoms in total. The van der Waals surface area contributed by atoms with Crippen molar-refractivity contribution in [3.63, 3.8) is 0 Å². The highest BCUT2D eigenvalue weighted by Gasteiger charge is 2.12. The molecule has 0 aromatic carbocycles. The lowest BCUT2D eigenvalue weighted by Gasteiger charge is -2.28. The van der Waals surface area contributed by atoms with E-state index in [1.165, 1.54) is 10.6 Å². The van der Waals surface area contributed by atoms with E-state index in [1.807, 2.05) is 25.4 Å². The zero-order valence-corrected chi connectivity index (χ0v) is 11.6. The van der Waals surface area contributed by atoms with Crippen molar-refractivity contribution in [3.05, 3.63) is 29.4 Å². The quantitative estimate of drug-likeness (QED) is 0.933. The fourth-order valence-corrected chi connectivity index (χ4v) is 2.70. The summed E-state index contributed by atoms with van der Waals surface area (Å²) >= 11 is 1.63. The second kappa shape index (κ2) is 5.54. The zero-order chi connectivity index (χ0) is 13.1. The number of thiazole rings is 1. The second-order valence-electron chi connectivity index (χ2n) is 4.40. The Labute approximate surface area is 116 Å². The van der Waals surface area contributed by atoms with Crippen LogP contribution in [0.3, 0.4) is 0 Å². The molecule has 0 unspecified atom stereocenters. The Morgan fingerprint density at radius 3 is 2.89 bits per heavy atom. The Hall–Kier alpha value is -1.66. The summed E-state index contributed by atoms with van der Waals surface area (Å²) in [5.41, 5.74) is 1.18. The molecule has 6 heteroatoms. The molecule has 2 aromatic heterocycles. The molecule has 1 fully saturated rings. The maximum Gasteiger partial charge on any atom is 0.188 e. The number of rotatable bonds is 3. The molecular formula is C13H16N4OS. The van der Waals surface area contributed by atoms with Gasteiger partial charge in [-0.15, -0.1) is 11.3 Å². The van der Waals surface area contributed by atoms with Gasteiger partial charge in [-0.2, -0.15) is 0 Å². The predicted molar refractivity (Wildman–Crippen MR) is 77.4 cm³/mol. The van der Waals surface area contributed by atoms with E-state index in [2.05, 4.69) is 26.3 Å². The molecule has 1 aliphatic heterocycles. The van der Waals surface area contributed by atoms with Gasteiger partial charge >= 0.3 is 0 Å². The Balaban J connectivity index is 1.75. The summed E-state index contributed by atoms with van der Waals surface area (Å²) in [6, 6.07) is 4.09. The molecule has 100 valence electrons. The van der Waals surface area contributed by atoms with Gasteiger partial charge in [-0.3, -0.25) is 0 Å². The highest BCUT2D eigenvalue weighted by molar-refractivity contribution is 7.15. The third kappa shape index (κ3) is 3.02. The summed E-state index contributed by atoms with van der Waals surface area (Å²) in [6.07, 6.45) is 3.69. The highest BCUT2D eigenvalue weighted by atomic mass is 32.1. The third-order valence-corrected chi connectivity index (χ3v) is 3.80. The van der Waals surface area contributed by atoms with Crippen LogP contribution < -0.4 is 10.2 Å². The van der Waals surface area contributed by atoms with Crippen LogP contribution in [0.15, 0.2) is 24.5 Å². The first-order valence-electron chi connectivity index (χ1n) is 6.29. The van der Waals surface area contributed by atoms with Crippen LogP contribution in [0.2, 0.25) is 0 Å². The van der Waals surface area contributed by atoms with Gasteiger partial charge in [0.1, 0.15) is 5.82 Å². The van der Waals surface area contributed by atoms with Gasteiger partial charge in [-0.25, -0.2) is 9.97 Å². The summed E-state index contributed by atoms with van der Waals surface area (Å²) in [6.45, 7) is 5.48. The first-order chi connectivity index (χ1) is 9.31. The van der Waals surface area contributed by atoms with Crippen molar-refractivity contribution in [2.45, 2.75) is 6.92 Å². The smallest absolute Gasteiger partial charge is 0.188 e. The minimum absolute atomic E-state index is 0.788. The Morgan fingerprint density at radius 1 is 1.32 bits per heavy atom. The molecule has 0 atom stereocenters. The number of pyridine rings is 1. The molecule has 0 bridgehead atoms. The van der Waals surface area contributed by atoms with E-state index in [4.69, 9.17) is 4.74 Å². The van der Waals surface area contributed by atoms with Gasteiger partial charge in [0.05, 0.1) is 13.2 Å². The normalized spacial score (nSPS) is 15.5. The number of ether oxygens (including phenoxy) is 1. The van der Waals surface area contributed by atoms with Gasteiger partial charge in [-0.1, -0.05) is 0 Å². The van der Waals surface area contributed by atoms with Crippen LogP contribution in [-0.4, -0.2) is 36.3 Å². The van der Waals surface area contributed by atoms with E-state index < -0.39 is 0 Å². The van der Waals surface area contributed by atoms with E-state index in [1.54, 1.807) is 11.3 Å². The third-order valence-electron chi connectivity index (χ3n) is 2.98. The van der Waals surface area contributed by atoms with E-state index in [0.717, 1.165) is 37.3 Å². The molecule has 1 aliphatic rings. The number of nitrogens with one attached hydrogen (secondary N) is 1. The van der Waals surface area contributed by atoms with Crippen LogP contribution in [0, 0.1) is 6.92 Å². The van der Waals surface area contributed by atoms with Crippen LogP contribution in [0.1, 0.15) is 4.88 Å². The molecule has 19 heavy (non-hydrogen) atoms. The van der Waals surface area contributed by atoms with Crippen LogP contribution in [0.4, 0.5) is 16.6 Å². The van der Waals surface area contributed by atoms with Crippen LogP contribution >= 0.6 is 11.3 Å². The van der Waals surface area contributed by atoms with Gasteiger partial charge in [0.25, 0.3) is 0 Å². The fraction of sp³-hybridized carbons (Fsp3) is 0.385. The van der Waals surface area contributed by atoms with Crippen molar-refractivity contribution in [1.29, 1.82) is 0 Å². The summed E-state index contributed by atoms with van der Waals surface area (Å²) < 4.78 is 5.37. The van der Waals surface area contributed by atoms with E-state index in [9.17, 15) is 0 Å². The molecular weight excluding hydrogens is 260 g/mol. The molecule has 0 amide bonds. The average Bonchev–Trinajstić information content (AvgIpc) is 2.85. The van der Waals surface area contributed by atoms with Gasteiger partial charge in [-0.05, 0) is 13.0 Å². The largest absolute Gasteiger partial charge is 0.378 e. The Bertz CT molecular complexity index is 551. The molecule has 3 heterocycles. The summed E-state index contributed by atoms with van der Waals surface area (Å²) in [5, 5.41) is 4.12. The Morgan fingerprint density at radius 2 is 2.16 bits per heavy atom. The number of anilines is 3. The number of nitrogens with zero attached hydrogens (tertiary/aromatic N) is 3. The van der Waals surface area contributed by atoms with Gasteiger partial charge in [0, 0.05) is 42.1 Å². The van der Waals surface area contributed by atoms with Gasteiger partial charge < -0.3 is 15.0 Å². The first-order valence-corrected chi connectivity index (χ1v) is 7.11. The molecule has 0 radical (unpaired) electrons.